The Bertz CT molecular complexity index is 121. The molecule has 0 heterocycles. The number of unbranched alkanes of at least 4 members (excludes halogenated alkanes) is 2. The van der Waals surface area contributed by atoms with E-state index >= 15 is 0 Å². The minimum absolute atomic E-state index is 0.534. The van der Waals surface area contributed by atoms with Gasteiger partial charge in [-0.25, -0.2) is 0 Å². The molecule has 0 N–H and O–H groups in total. The first-order chi connectivity index (χ1) is 5.83. The maximum Gasteiger partial charge on any atom is 0.0530 e. The lowest BCUT2D eigenvalue weighted by atomic mass is 10.2. The van der Waals surface area contributed by atoms with Crippen LogP contribution in [0.4, 0.5) is 0 Å². The molecule has 1 fully saturated rings. The van der Waals surface area contributed by atoms with Gasteiger partial charge in [0, 0.05) is 17.4 Å². The predicted octanol–water partition coefficient (Wildman–Crippen LogP) is 3.37. The lowest BCUT2D eigenvalue weighted by molar-refractivity contribution is 0.0954. The number of alkyl halides is 1. The smallest absolute Gasteiger partial charge is 0.0530 e. The molecule has 1 aliphatic rings. The van der Waals surface area contributed by atoms with Gasteiger partial charge in [0.2, 0.25) is 0 Å². The first-order valence-electron chi connectivity index (χ1n) is 4.97. The molecule has 0 aromatic heterocycles. The van der Waals surface area contributed by atoms with Crippen LogP contribution in [0.1, 0.15) is 39.0 Å². The summed E-state index contributed by atoms with van der Waals surface area (Å²) in [4.78, 5) is 0. The van der Waals surface area contributed by atoms with Gasteiger partial charge in [-0.15, -0.1) is 0 Å². The summed E-state index contributed by atoms with van der Waals surface area (Å²) < 4.78 is 5.62. The van der Waals surface area contributed by atoms with Crippen LogP contribution in [0, 0.1) is 5.41 Å². The molecular weight excluding hydrogens is 216 g/mol. The van der Waals surface area contributed by atoms with E-state index in [2.05, 4.69) is 22.9 Å². The summed E-state index contributed by atoms with van der Waals surface area (Å²) >= 11 is 3.54. The number of hydrogen-bond acceptors (Lipinski definition) is 1. The van der Waals surface area contributed by atoms with Gasteiger partial charge < -0.3 is 4.74 Å². The molecule has 2 heteroatoms. The molecule has 72 valence electrons. The molecule has 0 atom stereocenters. The molecule has 0 saturated heterocycles. The Labute approximate surface area is 84.0 Å². The Balaban J connectivity index is 1.89. The highest BCUT2D eigenvalue weighted by molar-refractivity contribution is 9.09. The van der Waals surface area contributed by atoms with E-state index in [1.807, 2.05) is 0 Å². The van der Waals surface area contributed by atoms with Gasteiger partial charge in [-0.1, -0.05) is 35.7 Å². The monoisotopic (exact) mass is 234 g/mol. The standard InChI is InChI=1S/C10H19BrO/c1-2-3-4-7-12-9-10(8-11)5-6-10/h2-9H2,1H3. The van der Waals surface area contributed by atoms with E-state index in [9.17, 15) is 0 Å². The number of ether oxygens (including phenoxy) is 1. The normalized spacial score (nSPS) is 19.5. The van der Waals surface area contributed by atoms with Gasteiger partial charge in [-0.2, -0.15) is 0 Å². The van der Waals surface area contributed by atoms with Crippen LogP contribution in [-0.2, 0) is 4.74 Å². The highest BCUT2D eigenvalue weighted by Gasteiger charge is 2.41. The lowest BCUT2D eigenvalue weighted by Crippen LogP contribution is -2.12. The SMILES string of the molecule is CCCCCOCC1(CBr)CC1. The average Bonchev–Trinajstić information content (AvgIpc) is 2.85. The molecular formula is C10H19BrO. The van der Waals surface area contributed by atoms with E-state index in [4.69, 9.17) is 4.74 Å². The van der Waals surface area contributed by atoms with Crippen LogP contribution in [0.25, 0.3) is 0 Å². The summed E-state index contributed by atoms with van der Waals surface area (Å²) in [6.07, 6.45) is 6.53. The van der Waals surface area contributed by atoms with E-state index in [0.717, 1.165) is 18.5 Å². The Morgan fingerprint density at radius 1 is 1.33 bits per heavy atom. The van der Waals surface area contributed by atoms with Crippen molar-refractivity contribution in [2.45, 2.75) is 39.0 Å². The predicted molar refractivity (Wildman–Crippen MR) is 55.8 cm³/mol. The highest BCUT2D eigenvalue weighted by atomic mass is 79.9. The summed E-state index contributed by atoms with van der Waals surface area (Å²) in [5, 5.41) is 1.12. The molecule has 0 aliphatic heterocycles. The number of rotatable bonds is 7. The van der Waals surface area contributed by atoms with Crippen molar-refractivity contribution in [2.75, 3.05) is 18.5 Å². The minimum atomic E-state index is 0.534. The molecule has 1 nitrogen and oxygen atoms in total. The Morgan fingerprint density at radius 2 is 2.08 bits per heavy atom. The van der Waals surface area contributed by atoms with Gasteiger partial charge in [0.1, 0.15) is 0 Å². The van der Waals surface area contributed by atoms with E-state index in [-0.39, 0.29) is 0 Å². The lowest BCUT2D eigenvalue weighted by Gasteiger charge is -2.11. The first kappa shape index (κ1) is 10.5. The van der Waals surface area contributed by atoms with Crippen molar-refractivity contribution < 1.29 is 4.74 Å². The average molecular weight is 235 g/mol. The number of hydrogen-bond donors (Lipinski definition) is 0. The van der Waals surface area contributed by atoms with Crippen LogP contribution in [0.2, 0.25) is 0 Å². The Kier molecular flexibility index (Phi) is 4.59. The van der Waals surface area contributed by atoms with Crippen molar-refractivity contribution in [1.82, 2.24) is 0 Å². The molecule has 0 spiro atoms. The van der Waals surface area contributed by atoms with Gasteiger partial charge in [0.15, 0.2) is 0 Å². The van der Waals surface area contributed by atoms with Crippen LogP contribution in [0.3, 0.4) is 0 Å². The van der Waals surface area contributed by atoms with Crippen LogP contribution >= 0.6 is 15.9 Å². The second-order valence-electron chi connectivity index (χ2n) is 3.89. The summed E-state index contributed by atoms with van der Waals surface area (Å²) in [5.41, 5.74) is 0.534. The summed E-state index contributed by atoms with van der Waals surface area (Å²) in [7, 11) is 0. The van der Waals surface area contributed by atoms with E-state index in [0.29, 0.717) is 5.41 Å². The molecule has 0 amide bonds. The molecule has 0 aromatic carbocycles. The maximum absolute atomic E-state index is 5.62. The molecule has 0 unspecified atom stereocenters. The fourth-order valence-electron chi connectivity index (χ4n) is 1.24. The van der Waals surface area contributed by atoms with Gasteiger partial charge in [-0.3, -0.25) is 0 Å². The van der Waals surface area contributed by atoms with Crippen molar-refractivity contribution in [3.05, 3.63) is 0 Å². The molecule has 1 rings (SSSR count). The van der Waals surface area contributed by atoms with E-state index in [1.165, 1.54) is 32.1 Å². The third-order valence-electron chi connectivity index (χ3n) is 2.54. The zero-order chi connectivity index (χ0) is 8.86. The van der Waals surface area contributed by atoms with Crippen molar-refractivity contribution in [1.29, 1.82) is 0 Å². The minimum Gasteiger partial charge on any atom is -0.381 e. The largest absolute Gasteiger partial charge is 0.381 e. The second-order valence-corrected chi connectivity index (χ2v) is 4.45. The van der Waals surface area contributed by atoms with Gasteiger partial charge in [0.25, 0.3) is 0 Å². The van der Waals surface area contributed by atoms with Crippen LogP contribution < -0.4 is 0 Å². The van der Waals surface area contributed by atoms with Crippen LogP contribution in [-0.4, -0.2) is 18.5 Å². The molecule has 0 bridgehead atoms. The Morgan fingerprint density at radius 3 is 2.58 bits per heavy atom. The van der Waals surface area contributed by atoms with E-state index in [1.54, 1.807) is 0 Å². The topological polar surface area (TPSA) is 9.23 Å². The first-order valence-corrected chi connectivity index (χ1v) is 6.09. The van der Waals surface area contributed by atoms with Crippen LogP contribution in [0.5, 0.6) is 0 Å². The maximum atomic E-state index is 5.62. The molecule has 1 saturated carbocycles. The fraction of sp³-hybridized carbons (Fsp3) is 1.00. The molecule has 1 aliphatic carbocycles. The van der Waals surface area contributed by atoms with Crippen molar-refractivity contribution in [3.8, 4) is 0 Å². The Hall–Kier alpha value is 0.440. The summed E-state index contributed by atoms with van der Waals surface area (Å²) in [6.45, 7) is 4.16. The fourth-order valence-corrected chi connectivity index (χ4v) is 1.96. The third-order valence-corrected chi connectivity index (χ3v) is 3.73. The van der Waals surface area contributed by atoms with Crippen LogP contribution in [0.15, 0.2) is 0 Å². The summed E-state index contributed by atoms with van der Waals surface area (Å²) in [6, 6.07) is 0. The van der Waals surface area contributed by atoms with Gasteiger partial charge >= 0.3 is 0 Å². The highest BCUT2D eigenvalue weighted by Crippen LogP contribution is 2.47. The number of halogens is 1. The third kappa shape index (κ3) is 3.44. The van der Waals surface area contributed by atoms with Crippen molar-refractivity contribution >= 4 is 15.9 Å². The van der Waals surface area contributed by atoms with Gasteiger partial charge in [-0.05, 0) is 19.3 Å². The summed E-state index contributed by atoms with van der Waals surface area (Å²) in [5.74, 6) is 0. The zero-order valence-electron chi connectivity index (χ0n) is 7.94. The molecule has 0 aromatic rings. The van der Waals surface area contributed by atoms with Crippen molar-refractivity contribution in [2.24, 2.45) is 5.41 Å². The van der Waals surface area contributed by atoms with Gasteiger partial charge in [0.05, 0.1) is 6.61 Å². The van der Waals surface area contributed by atoms with Crippen molar-refractivity contribution in [3.63, 3.8) is 0 Å². The quantitative estimate of drug-likeness (QED) is 0.485. The second kappa shape index (κ2) is 5.23. The molecule has 0 radical (unpaired) electrons. The zero-order valence-corrected chi connectivity index (χ0v) is 9.53. The molecule has 12 heavy (non-hydrogen) atoms. The van der Waals surface area contributed by atoms with E-state index < -0.39 is 0 Å².